The number of halogens is 5. The van der Waals surface area contributed by atoms with E-state index in [1.807, 2.05) is 0 Å². The predicted octanol–water partition coefficient (Wildman–Crippen LogP) is 2.34. The van der Waals surface area contributed by atoms with Crippen LogP contribution in [-0.4, -0.2) is 35.6 Å². The number of hydrogen-bond donors (Lipinski definition) is 2. The van der Waals surface area contributed by atoms with Gasteiger partial charge in [0.15, 0.2) is 0 Å². The van der Waals surface area contributed by atoms with Gasteiger partial charge < -0.3 is 10.4 Å². The van der Waals surface area contributed by atoms with Gasteiger partial charge in [0.05, 0.1) is 0 Å². The highest BCUT2D eigenvalue weighted by Gasteiger charge is 2.63. The first-order valence-electron chi connectivity index (χ1n) is 5.53. The van der Waals surface area contributed by atoms with E-state index in [1.165, 1.54) is 5.32 Å². The van der Waals surface area contributed by atoms with Crippen LogP contribution in [0.25, 0.3) is 0 Å². The summed E-state index contributed by atoms with van der Waals surface area (Å²) in [5.74, 6) is -8.72. The van der Waals surface area contributed by atoms with Crippen molar-refractivity contribution in [2.75, 3.05) is 6.54 Å². The van der Waals surface area contributed by atoms with Crippen LogP contribution in [0.15, 0.2) is 0 Å². The molecule has 0 saturated heterocycles. The predicted molar refractivity (Wildman–Crippen MR) is 54.7 cm³/mol. The number of nitrogens with one attached hydrogen (secondary N) is 1. The molecule has 0 unspecified atom stereocenters. The van der Waals surface area contributed by atoms with Crippen LogP contribution in [0.1, 0.15) is 32.1 Å². The Balaban J connectivity index is 3.79. The first-order chi connectivity index (χ1) is 8.59. The van der Waals surface area contributed by atoms with Crippen LogP contribution in [-0.2, 0) is 9.59 Å². The van der Waals surface area contributed by atoms with Crippen molar-refractivity contribution in [1.29, 1.82) is 0 Å². The van der Waals surface area contributed by atoms with Crippen molar-refractivity contribution >= 4 is 11.9 Å². The Bertz CT molecular complexity index is 317. The molecule has 0 aliphatic carbocycles. The molecule has 1 amide bonds. The molecule has 112 valence electrons. The van der Waals surface area contributed by atoms with Crippen molar-refractivity contribution in [3.63, 3.8) is 0 Å². The Kier molecular flexibility index (Phi) is 6.71. The van der Waals surface area contributed by atoms with Crippen LogP contribution in [0.2, 0.25) is 0 Å². The van der Waals surface area contributed by atoms with Gasteiger partial charge in [-0.3, -0.25) is 9.59 Å². The minimum absolute atomic E-state index is 0.0293. The molecule has 0 rings (SSSR count). The quantitative estimate of drug-likeness (QED) is 0.533. The Hall–Kier alpha value is -1.41. The van der Waals surface area contributed by atoms with E-state index < -0.39 is 24.0 Å². The zero-order valence-corrected chi connectivity index (χ0v) is 9.90. The van der Waals surface area contributed by atoms with Gasteiger partial charge in [-0.05, 0) is 12.8 Å². The van der Waals surface area contributed by atoms with E-state index >= 15 is 0 Å². The number of amides is 1. The Morgan fingerprint density at radius 1 is 0.947 bits per heavy atom. The van der Waals surface area contributed by atoms with Crippen LogP contribution >= 0.6 is 0 Å². The number of unbranched alkanes of at least 4 members (excludes halogenated alkanes) is 3. The molecule has 0 aliphatic heterocycles. The van der Waals surface area contributed by atoms with Crippen molar-refractivity contribution < 1.29 is 36.6 Å². The van der Waals surface area contributed by atoms with Crippen LogP contribution in [0, 0.1) is 0 Å². The Morgan fingerprint density at radius 2 is 1.47 bits per heavy atom. The van der Waals surface area contributed by atoms with E-state index in [0.717, 1.165) is 0 Å². The summed E-state index contributed by atoms with van der Waals surface area (Å²) < 4.78 is 60.2. The lowest BCUT2D eigenvalue weighted by molar-refractivity contribution is -0.269. The van der Waals surface area contributed by atoms with Crippen molar-refractivity contribution in [3.05, 3.63) is 0 Å². The number of carbonyl (C=O) groups excluding carboxylic acids is 1. The Labute approximate surface area is 106 Å². The molecule has 0 heterocycles. The van der Waals surface area contributed by atoms with Gasteiger partial charge in [-0.1, -0.05) is 12.8 Å². The molecule has 0 spiro atoms. The normalized spacial score (nSPS) is 12.3. The zero-order chi connectivity index (χ0) is 15.1. The average molecular weight is 291 g/mol. The van der Waals surface area contributed by atoms with Crippen LogP contribution < -0.4 is 5.32 Å². The highest BCUT2D eigenvalue weighted by atomic mass is 19.4. The van der Waals surface area contributed by atoms with Crippen LogP contribution in [0.3, 0.4) is 0 Å². The second kappa shape index (κ2) is 7.25. The highest BCUT2D eigenvalue weighted by molar-refractivity contribution is 5.84. The molecule has 0 saturated carbocycles. The molecule has 0 radical (unpaired) electrons. The third-order valence-electron chi connectivity index (χ3n) is 2.24. The fourth-order valence-electron chi connectivity index (χ4n) is 1.20. The largest absolute Gasteiger partial charge is 0.481 e. The van der Waals surface area contributed by atoms with Gasteiger partial charge >= 0.3 is 18.1 Å². The molecule has 0 aromatic carbocycles. The molecule has 19 heavy (non-hydrogen) atoms. The molecular formula is C10H14F5NO3. The number of hydrogen-bond acceptors (Lipinski definition) is 2. The van der Waals surface area contributed by atoms with E-state index in [1.54, 1.807) is 0 Å². The molecule has 9 heteroatoms. The van der Waals surface area contributed by atoms with E-state index in [2.05, 4.69) is 0 Å². The van der Waals surface area contributed by atoms with E-state index in [0.29, 0.717) is 19.3 Å². The van der Waals surface area contributed by atoms with Gasteiger partial charge in [0, 0.05) is 13.0 Å². The molecule has 0 aliphatic rings. The second-order valence-corrected chi connectivity index (χ2v) is 3.89. The maximum atomic E-state index is 12.4. The van der Waals surface area contributed by atoms with E-state index in [4.69, 9.17) is 5.11 Å². The van der Waals surface area contributed by atoms with Crippen molar-refractivity contribution in [2.24, 2.45) is 0 Å². The maximum Gasteiger partial charge on any atom is 0.463 e. The van der Waals surface area contributed by atoms with Gasteiger partial charge in [0.2, 0.25) is 0 Å². The monoisotopic (exact) mass is 291 g/mol. The van der Waals surface area contributed by atoms with Crippen molar-refractivity contribution in [1.82, 2.24) is 5.32 Å². The summed E-state index contributed by atoms with van der Waals surface area (Å²) >= 11 is 0. The van der Waals surface area contributed by atoms with Gasteiger partial charge in [-0.2, -0.15) is 22.0 Å². The summed E-state index contributed by atoms with van der Waals surface area (Å²) in [5, 5.41) is 9.81. The highest BCUT2D eigenvalue weighted by Crippen LogP contribution is 2.35. The standard InChI is InChI=1S/C10H14F5NO3/c11-9(12,10(13,14)15)8(19)16-6-4-2-1-3-5-7(17)18/h1-6H2,(H,16,19)(H,17,18). The fraction of sp³-hybridized carbons (Fsp3) is 0.800. The molecule has 4 nitrogen and oxygen atoms in total. The summed E-state index contributed by atoms with van der Waals surface area (Å²) in [7, 11) is 0. The van der Waals surface area contributed by atoms with E-state index in [9.17, 15) is 31.5 Å². The number of alkyl halides is 5. The smallest absolute Gasteiger partial charge is 0.463 e. The average Bonchev–Trinajstić information content (AvgIpc) is 2.25. The first-order valence-corrected chi connectivity index (χ1v) is 5.53. The molecule has 0 fully saturated rings. The molecule has 0 aromatic heterocycles. The first kappa shape index (κ1) is 17.6. The summed E-state index contributed by atoms with van der Waals surface area (Å²) in [6, 6.07) is 0. The van der Waals surface area contributed by atoms with Crippen molar-refractivity contribution in [3.8, 4) is 0 Å². The molecule has 0 aromatic rings. The minimum atomic E-state index is -5.90. The van der Waals surface area contributed by atoms with Gasteiger partial charge in [-0.25, -0.2) is 0 Å². The van der Waals surface area contributed by atoms with Crippen molar-refractivity contribution in [2.45, 2.75) is 44.2 Å². The summed E-state index contributed by atoms with van der Waals surface area (Å²) in [4.78, 5) is 20.8. The lowest BCUT2D eigenvalue weighted by Crippen LogP contribution is -2.50. The fourth-order valence-corrected chi connectivity index (χ4v) is 1.20. The number of carbonyl (C=O) groups is 2. The topological polar surface area (TPSA) is 66.4 Å². The van der Waals surface area contributed by atoms with Gasteiger partial charge in [-0.15, -0.1) is 0 Å². The second-order valence-electron chi connectivity index (χ2n) is 3.89. The van der Waals surface area contributed by atoms with Crippen LogP contribution in [0.4, 0.5) is 22.0 Å². The van der Waals surface area contributed by atoms with Crippen LogP contribution in [0.5, 0.6) is 0 Å². The third-order valence-corrected chi connectivity index (χ3v) is 2.24. The maximum absolute atomic E-state index is 12.4. The lowest BCUT2D eigenvalue weighted by Gasteiger charge is -2.18. The summed E-state index contributed by atoms with van der Waals surface area (Å²) in [5.41, 5.74) is 0. The SMILES string of the molecule is O=C(O)CCCCCCNC(=O)C(F)(F)C(F)(F)F. The lowest BCUT2D eigenvalue weighted by atomic mass is 10.1. The number of aliphatic carboxylic acids is 1. The molecular weight excluding hydrogens is 277 g/mol. The van der Waals surface area contributed by atoms with E-state index in [-0.39, 0.29) is 19.4 Å². The molecule has 0 bridgehead atoms. The molecule has 0 atom stereocenters. The number of carboxylic acid groups (broad SMARTS) is 1. The summed E-state index contributed by atoms with van der Waals surface area (Å²) in [6.45, 7) is -0.308. The third kappa shape index (κ3) is 6.35. The number of carboxylic acids is 1. The van der Waals surface area contributed by atoms with Gasteiger partial charge in [0.25, 0.3) is 5.91 Å². The zero-order valence-electron chi connectivity index (χ0n) is 9.90. The Morgan fingerprint density at radius 3 is 1.95 bits per heavy atom. The van der Waals surface area contributed by atoms with Gasteiger partial charge in [0.1, 0.15) is 0 Å². The number of rotatable bonds is 8. The molecule has 2 N–H and O–H groups in total. The summed E-state index contributed by atoms with van der Waals surface area (Å²) in [6.07, 6.45) is -4.40. The minimum Gasteiger partial charge on any atom is -0.481 e.